The molecule has 0 fully saturated rings. The van der Waals surface area contributed by atoms with Crippen LogP contribution >= 0.6 is 0 Å². The molecule has 0 spiro atoms. The van der Waals surface area contributed by atoms with Crippen LogP contribution in [0.4, 0.5) is 11.8 Å². The van der Waals surface area contributed by atoms with Gasteiger partial charge in [-0.3, -0.25) is 9.89 Å². The van der Waals surface area contributed by atoms with Gasteiger partial charge in [0.05, 0.1) is 18.1 Å². The second kappa shape index (κ2) is 4.95. The fourth-order valence-electron chi connectivity index (χ4n) is 1.76. The summed E-state index contributed by atoms with van der Waals surface area (Å²) in [7, 11) is 1.74. The summed E-state index contributed by atoms with van der Waals surface area (Å²) in [5, 5.41) is 10.2. The predicted octanol–water partition coefficient (Wildman–Crippen LogP) is 0.286. The van der Waals surface area contributed by atoms with E-state index in [9.17, 15) is 4.79 Å². The van der Waals surface area contributed by atoms with Gasteiger partial charge in [0.25, 0.3) is 0 Å². The molecule has 20 heavy (non-hydrogen) atoms. The van der Waals surface area contributed by atoms with Crippen LogP contribution in [0.1, 0.15) is 20.8 Å². The number of nitrogens with zero attached hydrogens (tertiary/aromatic N) is 4. The molecule has 0 aromatic carbocycles. The maximum absolute atomic E-state index is 11.9. The number of amides is 1. The number of fused-ring (bicyclic) bond motifs is 1. The molecule has 0 saturated carbocycles. The summed E-state index contributed by atoms with van der Waals surface area (Å²) >= 11 is 0. The number of hydrogen-bond donors (Lipinski definition) is 3. The van der Waals surface area contributed by atoms with E-state index in [0.717, 1.165) is 0 Å². The Bertz CT molecular complexity index is 628. The number of likely N-dealkylation sites (N-methyl/N-ethyl adjacent to an activating group) is 1. The second-order valence-corrected chi connectivity index (χ2v) is 5.70. The molecule has 2 rings (SSSR count). The number of aromatic amines is 1. The van der Waals surface area contributed by atoms with Crippen LogP contribution in [0.3, 0.4) is 0 Å². The molecule has 4 N–H and O–H groups in total. The Hall–Kier alpha value is -2.38. The van der Waals surface area contributed by atoms with Gasteiger partial charge in [0.2, 0.25) is 11.9 Å². The molecule has 0 aliphatic carbocycles. The van der Waals surface area contributed by atoms with E-state index >= 15 is 0 Å². The first-order valence-electron chi connectivity index (χ1n) is 6.25. The second-order valence-electron chi connectivity index (χ2n) is 5.70. The van der Waals surface area contributed by atoms with Crippen molar-refractivity contribution in [1.82, 2.24) is 25.5 Å². The fraction of sp³-hybridized carbons (Fsp3) is 0.500. The van der Waals surface area contributed by atoms with Crippen LogP contribution in [0.5, 0.6) is 0 Å². The van der Waals surface area contributed by atoms with E-state index in [1.165, 1.54) is 0 Å². The van der Waals surface area contributed by atoms with E-state index in [-0.39, 0.29) is 18.0 Å². The summed E-state index contributed by atoms with van der Waals surface area (Å²) in [5.41, 5.74) is 6.11. The fourth-order valence-corrected chi connectivity index (χ4v) is 1.76. The number of aromatic nitrogens is 4. The minimum absolute atomic E-state index is 0.105. The quantitative estimate of drug-likeness (QED) is 0.743. The Kier molecular flexibility index (Phi) is 3.47. The van der Waals surface area contributed by atoms with Crippen LogP contribution in [-0.4, -0.2) is 45.2 Å². The highest BCUT2D eigenvalue weighted by molar-refractivity contribution is 5.86. The summed E-state index contributed by atoms with van der Waals surface area (Å²) in [6, 6.07) is 0. The van der Waals surface area contributed by atoms with E-state index in [4.69, 9.17) is 5.73 Å². The van der Waals surface area contributed by atoms with Gasteiger partial charge in [-0.15, -0.1) is 0 Å². The summed E-state index contributed by atoms with van der Waals surface area (Å²) in [5.74, 6) is 0.608. The predicted molar refractivity (Wildman–Crippen MR) is 77.3 cm³/mol. The number of H-pyrrole nitrogens is 1. The van der Waals surface area contributed by atoms with Crippen LogP contribution in [0.25, 0.3) is 11.0 Å². The Morgan fingerprint density at radius 3 is 2.80 bits per heavy atom. The topological polar surface area (TPSA) is 113 Å². The first-order valence-corrected chi connectivity index (χ1v) is 6.25. The van der Waals surface area contributed by atoms with Gasteiger partial charge in [0.15, 0.2) is 5.65 Å². The lowest BCUT2D eigenvalue weighted by atomic mass is 10.1. The third kappa shape index (κ3) is 3.14. The minimum atomic E-state index is -0.273. The van der Waals surface area contributed by atoms with Crippen molar-refractivity contribution in [1.29, 1.82) is 0 Å². The molecule has 2 aromatic rings. The van der Waals surface area contributed by atoms with Crippen molar-refractivity contribution < 1.29 is 4.79 Å². The zero-order valence-electron chi connectivity index (χ0n) is 12.1. The van der Waals surface area contributed by atoms with Gasteiger partial charge in [-0.05, 0) is 20.8 Å². The Labute approximate surface area is 116 Å². The number of carbonyl (C=O) groups excluding carboxylic acids is 1. The van der Waals surface area contributed by atoms with Crippen molar-refractivity contribution in [3.63, 3.8) is 0 Å². The van der Waals surface area contributed by atoms with Crippen molar-refractivity contribution in [3.8, 4) is 0 Å². The molecule has 0 bridgehead atoms. The molecule has 0 unspecified atom stereocenters. The number of anilines is 2. The highest BCUT2D eigenvalue weighted by Gasteiger charge is 2.17. The van der Waals surface area contributed by atoms with E-state index in [2.05, 4.69) is 25.5 Å². The molecule has 8 nitrogen and oxygen atoms in total. The van der Waals surface area contributed by atoms with Crippen LogP contribution < -0.4 is 16.0 Å². The van der Waals surface area contributed by atoms with Gasteiger partial charge in [-0.25, -0.2) is 0 Å². The van der Waals surface area contributed by atoms with E-state index in [1.807, 2.05) is 20.8 Å². The first-order chi connectivity index (χ1) is 9.26. The number of nitrogen functional groups attached to an aromatic ring is 1. The minimum Gasteiger partial charge on any atom is -0.383 e. The smallest absolute Gasteiger partial charge is 0.240 e. The molecule has 108 valence electrons. The number of carbonyl (C=O) groups is 1. The largest absolute Gasteiger partial charge is 0.383 e. The van der Waals surface area contributed by atoms with Crippen molar-refractivity contribution in [3.05, 3.63) is 6.20 Å². The molecule has 2 heterocycles. The maximum Gasteiger partial charge on any atom is 0.240 e. The molecule has 0 aliphatic heterocycles. The molecule has 0 aliphatic rings. The lowest BCUT2D eigenvalue weighted by molar-refractivity contribution is -0.121. The number of hydrogen-bond acceptors (Lipinski definition) is 6. The normalized spacial score (nSPS) is 11.6. The van der Waals surface area contributed by atoms with Crippen molar-refractivity contribution >= 4 is 28.7 Å². The van der Waals surface area contributed by atoms with Crippen LogP contribution in [0, 0.1) is 0 Å². The Balaban J connectivity index is 2.15. The zero-order chi connectivity index (χ0) is 14.9. The average Bonchev–Trinajstić information content (AvgIpc) is 2.74. The molecular weight excluding hydrogens is 258 g/mol. The van der Waals surface area contributed by atoms with Crippen molar-refractivity contribution in [2.45, 2.75) is 26.3 Å². The van der Waals surface area contributed by atoms with Gasteiger partial charge < -0.3 is 16.0 Å². The SMILES string of the molecule is CN(CC(=O)NC(C)(C)C)c1nc(N)c2cn[nH]c2n1. The van der Waals surface area contributed by atoms with Crippen LogP contribution in [-0.2, 0) is 4.79 Å². The van der Waals surface area contributed by atoms with E-state index < -0.39 is 0 Å². The molecule has 1 amide bonds. The van der Waals surface area contributed by atoms with Gasteiger partial charge in [-0.1, -0.05) is 0 Å². The highest BCUT2D eigenvalue weighted by Crippen LogP contribution is 2.18. The third-order valence-corrected chi connectivity index (χ3v) is 2.56. The van der Waals surface area contributed by atoms with Gasteiger partial charge >= 0.3 is 0 Å². The summed E-state index contributed by atoms with van der Waals surface area (Å²) in [6.45, 7) is 5.93. The van der Waals surface area contributed by atoms with E-state index in [1.54, 1.807) is 18.1 Å². The van der Waals surface area contributed by atoms with Gasteiger partial charge in [0, 0.05) is 12.6 Å². The molecule has 0 saturated heterocycles. The Morgan fingerprint density at radius 1 is 1.45 bits per heavy atom. The maximum atomic E-state index is 11.9. The van der Waals surface area contributed by atoms with Crippen molar-refractivity contribution in [2.24, 2.45) is 0 Å². The van der Waals surface area contributed by atoms with Crippen molar-refractivity contribution in [2.75, 3.05) is 24.2 Å². The van der Waals surface area contributed by atoms with Gasteiger partial charge in [0.1, 0.15) is 5.82 Å². The van der Waals surface area contributed by atoms with Gasteiger partial charge in [-0.2, -0.15) is 15.1 Å². The monoisotopic (exact) mass is 277 g/mol. The lowest BCUT2D eigenvalue weighted by Gasteiger charge is -2.23. The zero-order valence-corrected chi connectivity index (χ0v) is 12.1. The Morgan fingerprint density at radius 2 is 2.15 bits per heavy atom. The first kappa shape index (κ1) is 14.0. The summed E-state index contributed by atoms with van der Waals surface area (Å²) < 4.78 is 0. The summed E-state index contributed by atoms with van der Waals surface area (Å²) in [6.07, 6.45) is 1.57. The summed E-state index contributed by atoms with van der Waals surface area (Å²) in [4.78, 5) is 22.0. The van der Waals surface area contributed by atoms with Crippen LogP contribution in [0.15, 0.2) is 6.20 Å². The molecule has 0 atom stereocenters. The van der Waals surface area contributed by atoms with E-state index in [0.29, 0.717) is 22.8 Å². The number of nitrogens with two attached hydrogens (primary N) is 1. The number of rotatable bonds is 3. The standard InChI is InChI=1S/C12H19N7O/c1-12(2,3)17-8(20)6-19(4)11-15-9(13)7-5-14-18-10(7)16-11/h5H,6H2,1-4H3,(H,17,20)(H3,13,14,15,16,18). The molecule has 2 aromatic heterocycles. The molecule has 8 heteroatoms. The lowest BCUT2D eigenvalue weighted by Crippen LogP contribution is -2.45. The number of nitrogens with one attached hydrogen (secondary N) is 2. The molecular formula is C12H19N7O. The highest BCUT2D eigenvalue weighted by atomic mass is 16.2. The molecule has 0 radical (unpaired) electrons. The average molecular weight is 277 g/mol. The third-order valence-electron chi connectivity index (χ3n) is 2.56. The van der Waals surface area contributed by atoms with Crippen LogP contribution in [0.2, 0.25) is 0 Å².